The van der Waals surface area contributed by atoms with Crippen LogP contribution in [0.5, 0.6) is 11.5 Å². The molecule has 38 heavy (non-hydrogen) atoms. The third kappa shape index (κ3) is 5.03. The summed E-state index contributed by atoms with van der Waals surface area (Å²) in [5, 5.41) is 5.01. The summed E-state index contributed by atoms with van der Waals surface area (Å²) in [6.07, 6.45) is 1.45. The molecule has 1 amide bonds. The Hall–Kier alpha value is -5.17. The average molecular weight is 504 g/mol. The molecular weight excluding hydrogens is 478 g/mol. The molecule has 1 heterocycles. The standard InChI is InChI=1S/C31H25N3O4/c1-20-10-8-14-22(18-20)31(36)38-25-16-7-6-13-23(25)19-32-34-30(35)29-27(21-11-4-3-5-12-21)24-15-9-17-26(37-2)28(24)33-29/h3-19,33H,1-2H3,(H,34,35). The molecule has 7 nitrogen and oxygen atoms in total. The number of nitrogens with one attached hydrogen (secondary N) is 2. The number of aromatic amines is 1. The van der Waals surface area contributed by atoms with Crippen molar-refractivity contribution >= 4 is 29.0 Å². The highest BCUT2D eigenvalue weighted by atomic mass is 16.5. The molecule has 0 aliphatic heterocycles. The fraction of sp³-hybridized carbons (Fsp3) is 0.0645. The smallest absolute Gasteiger partial charge is 0.343 e. The zero-order chi connectivity index (χ0) is 26.5. The Bertz CT molecular complexity index is 1650. The maximum absolute atomic E-state index is 13.3. The molecule has 188 valence electrons. The summed E-state index contributed by atoms with van der Waals surface area (Å²) >= 11 is 0. The van der Waals surface area contributed by atoms with Crippen LogP contribution < -0.4 is 14.9 Å². The molecule has 0 fully saturated rings. The topological polar surface area (TPSA) is 92.8 Å². The first kappa shape index (κ1) is 24.5. The lowest BCUT2D eigenvalue weighted by Crippen LogP contribution is -2.19. The molecule has 0 aliphatic rings. The predicted molar refractivity (Wildman–Crippen MR) is 148 cm³/mol. The second-order valence-electron chi connectivity index (χ2n) is 8.62. The number of ether oxygens (including phenoxy) is 2. The maximum Gasteiger partial charge on any atom is 0.343 e. The van der Waals surface area contributed by atoms with Crippen LogP contribution in [0.3, 0.4) is 0 Å². The molecule has 0 atom stereocenters. The lowest BCUT2D eigenvalue weighted by molar-refractivity contribution is 0.0734. The van der Waals surface area contributed by atoms with Crippen LogP contribution in [0.2, 0.25) is 0 Å². The minimum absolute atomic E-state index is 0.331. The second-order valence-corrected chi connectivity index (χ2v) is 8.62. The normalized spacial score (nSPS) is 11.0. The number of carbonyl (C=O) groups is 2. The van der Waals surface area contributed by atoms with Gasteiger partial charge in [-0.05, 0) is 42.8 Å². The number of hydrogen-bond acceptors (Lipinski definition) is 5. The molecule has 5 rings (SSSR count). The number of amides is 1. The summed E-state index contributed by atoms with van der Waals surface area (Å²) in [7, 11) is 1.59. The summed E-state index contributed by atoms with van der Waals surface area (Å²) < 4.78 is 11.1. The lowest BCUT2D eigenvalue weighted by atomic mass is 10.0. The van der Waals surface area contributed by atoms with Gasteiger partial charge in [0, 0.05) is 16.5 Å². The molecule has 0 saturated carbocycles. The van der Waals surface area contributed by atoms with Gasteiger partial charge in [-0.3, -0.25) is 4.79 Å². The second kappa shape index (κ2) is 10.8. The van der Waals surface area contributed by atoms with Crippen molar-refractivity contribution in [3.8, 4) is 22.6 Å². The molecule has 0 saturated heterocycles. The van der Waals surface area contributed by atoms with Crippen LogP contribution in [0.4, 0.5) is 0 Å². The van der Waals surface area contributed by atoms with E-state index < -0.39 is 11.9 Å². The van der Waals surface area contributed by atoms with Crippen LogP contribution in [0.25, 0.3) is 22.0 Å². The summed E-state index contributed by atoms with van der Waals surface area (Å²) in [5.41, 5.74) is 7.25. The van der Waals surface area contributed by atoms with Gasteiger partial charge in [0.1, 0.15) is 17.2 Å². The fourth-order valence-corrected chi connectivity index (χ4v) is 4.26. The van der Waals surface area contributed by atoms with Crippen LogP contribution in [0.15, 0.2) is 102 Å². The van der Waals surface area contributed by atoms with E-state index in [2.05, 4.69) is 15.5 Å². The Balaban J connectivity index is 1.41. The van der Waals surface area contributed by atoms with Gasteiger partial charge in [0.15, 0.2) is 0 Å². The third-order valence-corrected chi connectivity index (χ3v) is 6.05. The molecule has 0 unspecified atom stereocenters. The highest BCUT2D eigenvalue weighted by Gasteiger charge is 2.21. The number of H-pyrrole nitrogens is 1. The average Bonchev–Trinajstić information content (AvgIpc) is 3.34. The van der Waals surface area contributed by atoms with E-state index >= 15 is 0 Å². The molecule has 7 heteroatoms. The van der Waals surface area contributed by atoms with Gasteiger partial charge in [0.2, 0.25) is 0 Å². The maximum atomic E-state index is 13.3. The van der Waals surface area contributed by atoms with Crippen molar-refractivity contribution in [2.45, 2.75) is 6.92 Å². The van der Waals surface area contributed by atoms with Crippen LogP contribution in [-0.4, -0.2) is 30.2 Å². The Morgan fingerprint density at radius 1 is 0.868 bits per heavy atom. The zero-order valence-electron chi connectivity index (χ0n) is 20.9. The predicted octanol–water partition coefficient (Wildman–Crippen LogP) is 6.14. The van der Waals surface area contributed by atoms with Crippen molar-refractivity contribution in [1.82, 2.24) is 10.4 Å². The first-order chi connectivity index (χ1) is 18.5. The van der Waals surface area contributed by atoms with Gasteiger partial charge in [-0.2, -0.15) is 5.10 Å². The SMILES string of the molecule is COc1cccc2c(-c3ccccc3)c(C(=O)NN=Cc3ccccc3OC(=O)c3cccc(C)c3)[nH]c12. The van der Waals surface area contributed by atoms with Gasteiger partial charge >= 0.3 is 5.97 Å². The molecule has 5 aromatic rings. The number of fused-ring (bicyclic) bond motifs is 1. The first-order valence-corrected chi connectivity index (χ1v) is 12.0. The highest BCUT2D eigenvalue weighted by molar-refractivity contribution is 6.11. The Labute approximate surface area is 219 Å². The van der Waals surface area contributed by atoms with Gasteiger partial charge < -0.3 is 14.5 Å². The summed E-state index contributed by atoms with van der Waals surface area (Å²) in [4.78, 5) is 29.2. The van der Waals surface area contributed by atoms with E-state index in [1.807, 2.05) is 61.5 Å². The van der Waals surface area contributed by atoms with E-state index in [4.69, 9.17) is 9.47 Å². The molecule has 0 bridgehead atoms. The third-order valence-electron chi connectivity index (χ3n) is 6.05. The summed E-state index contributed by atoms with van der Waals surface area (Å²) in [6, 6.07) is 29.5. The van der Waals surface area contributed by atoms with E-state index in [1.165, 1.54) is 6.21 Å². The van der Waals surface area contributed by atoms with E-state index in [-0.39, 0.29) is 0 Å². The monoisotopic (exact) mass is 503 g/mol. The lowest BCUT2D eigenvalue weighted by Gasteiger charge is -2.08. The van der Waals surface area contributed by atoms with Crippen molar-refractivity contribution < 1.29 is 19.1 Å². The number of benzene rings is 4. The van der Waals surface area contributed by atoms with Crippen LogP contribution in [0, 0.1) is 6.92 Å². The number of nitrogens with zero attached hydrogens (tertiary/aromatic N) is 1. The van der Waals surface area contributed by atoms with Gasteiger partial charge in [0.05, 0.1) is 24.4 Å². The minimum atomic E-state index is -0.474. The molecular formula is C31H25N3O4. The Morgan fingerprint density at radius 3 is 2.39 bits per heavy atom. The zero-order valence-corrected chi connectivity index (χ0v) is 20.9. The molecule has 1 aromatic heterocycles. The molecule has 0 radical (unpaired) electrons. The van der Waals surface area contributed by atoms with Crippen molar-refractivity contribution in [1.29, 1.82) is 0 Å². The van der Waals surface area contributed by atoms with E-state index in [0.29, 0.717) is 28.3 Å². The van der Waals surface area contributed by atoms with Crippen molar-refractivity contribution in [2.75, 3.05) is 7.11 Å². The number of methoxy groups -OCH3 is 1. The van der Waals surface area contributed by atoms with Gasteiger partial charge in [-0.25, -0.2) is 10.2 Å². The van der Waals surface area contributed by atoms with Gasteiger partial charge in [0.25, 0.3) is 5.91 Å². The molecule has 4 aromatic carbocycles. The van der Waals surface area contributed by atoms with Crippen LogP contribution in [0.1, 0.15) is 32.0 Å². The van der Waals surface area contributed by atoms with Crippen LogP contribution in [-0.2, 0) is 0 Å². The molecule has 0 aliphatic carbocycles. The fourth-order valence-electron chi connectivity index (χ4n) is 4.26. The molecule has 0 spiro atoms. The Kier molecular flexibility index (Phi) is 6.99. The quantitative estimate of drug-likeness (QED) is 0.121. The van der Waals surface area contributed by atoms with E-state index in [1.54, 1.807) is 49.6 Å². The van der Waals surface area contributed by atoms with E-state index in [0.717, 1.165) is 27.6 Å². The number of para-hydroxylation sites is 2. The van der Waals surface area contributed by atoms with E-state index in [9.17, 15) is 9.59 Å². The van der Waals surface area contributed by atoms with Gasteiger partial charge in [-0.15, -0.1) is 0 Å². The van der Waals surface area contributed by atoms with Crippen LogP contribution >= 0.6 is 0 Å². The summed E-state index contributed by atoms with van der Waals surface area (Å²) in [5.74, 6) is 0.0645. The number of hydrogen-bond donors (Lipinski definition) is 2. The van der Waals surface area contributed by atoms with Crippen molar-refractivity contribution in [3.05, 3.63) is 119 Å². The number of hydrazone groups is 1. The highest BCUT2D eigenvalue weighted by Crippen LogP contribution is 2.36. The number of esters is 1. The molecule has 2 N–H and O–H groups in total. The summed E-state index contributed by atoms with van der Waals surface area (Å²) in [6.45, 7) is 1.91. The number of aromatic nitrogens is 1. The number of aryl methyl sites for hydroxylation is 1. The first-order valence-electron chi connectivity index (χ1n) is 12.0. The number of rotatable bonds is 7. The largest absolute Gasteiger partial charge is 0.495 e. The van der Waals surface area contributed by atoms with Gasteiger partial charge in [-0.1, -0.05) is 72.3 Å². The number of carbonyl (C=O) groups excluding carboxylic acids is 2. The van der Waals surface area contributed by atoms with Crippen molar-refractivity contribution in [2.24, 2.45) is 5.10 Å². The Morgan fingerprint density at radius 2 is 1.61 bits per heavy atom. The van der Waals surface area contributed by atoms with Crippen molar-refractivity contribution in [3.63, 3.8) is 0 Å². The minimum Gasteiger partial charge on any atom is -0.495 e.